The molecule has 8 nitrogen and oxygen atoms in total. The molecule has 0 fully saturated rings. The van der Waals surface area contributed by atoms with Gasteiger partial charge in [-0.1, -0.05) is 78.9 Å². The van der Waals surface area contributed by atoms with Crippen LogP contribution in [0.3, 0.4) is 0 Å². The number of amides is 1. The molecule has 1 unspecified atom stereocenters. The number of benzene rings is 3. The largest absolute Gasteiger partial charge is 0.481 e. The van der Waals surface area contributed by atoms with Gasteiger partial charge in [-0.2, -0.15) is 0 Å². The summed E-state index contributed by atoms with van der Waals surface area (Å²) in [5.41, 5.74) is 14.3. The lowest BCUT2D eigenvalue weighted by molar-refractivity contribution is -0.147. The Kier molecular flexibility index (Phi) is 9.94. The third-order valence-electron chi connectivity index (χ3n) is 4.87. The van der Waals surface area contributed by atoms with E-state index in [-0.39, 0.29) is 12.5 Å². The zero-order valence-electron chi connectivity index (χ0n) is 19.1. The van der Waals surface area contributed by atoms with Crippen LogP contribution in [0.15, 0.2) is 78.9 Å². The van der Waals surface area contributed by atoms with Crippen molar-refractivity contribution in [2.45, 2.75) is 26.0 Å². The molecule has 0 bridgehead atoms. The second kappa shape index (κ2) is 12.9. The normalized spacial score (nSPS) is 11.9. The standard InChI is InChI=1S/C17H17NO3.C9H12N2O2/c1-11(17(20)21)14-9-6-10-15(16(14)18-12(2)19)13-7-4-3-5-8-13;10-6-8(12)13-9(11)7-4-2-1-3-5-7/h3-11H,1-2H3,(H,18,19)(H,20,21);1-5,9H,6,10-11H2/t;9-/m.0/s1. The molecule has 0 aromatic heterocycles. The van der Waals surface area contributed by atoms with E-state index >= 15 is 0 Å². The fraction of sp³-hybridized carbons (Fsp3) is 0.192. The summed E-state index contributed by atoms with van der Waals surface area (Å²) in [6.07, 6.45) is -0.725. The second-order valence-corrected chi connectivity index (χ2v) is 7.40. The number of esters is 1. The van der Waals surface area contributed by atoms with Gasteiger partial charge in [0.15, 0.2) is 6.23 Å². The first-order chi connectivity index (χ1) is 16.2. The number of carboxylic acid groups (broad SMARTS) is 1. The second-order valence-electron chi connectivity index (χ2n) is 7.40. The van der Waals surface area contributed by atoms with Crippen LogP contribution in [0.5, 0.6) is 0 Å². The number of anilines is 1. The number of hydrogen-bond acceptors (Lipinski definition) is 6. The Balaban J connectivity index is 0.000000270. The van der Waals surface area contributed by atoms with E-state index in [1.54, 1.807) is 25.1 Å². The van der Waals surface area contributed by atoms with Gasteiger partial charge in [-0.05, 0) is 18.1 Å². The summed E-state index contributed by atoms with van der Waals surface area (Å²) in [7, 11) is 0. The summed E-state index contributed by atoms with van der Waals surface area (Å²) in [5, 5.41) is 12.0. The maximum Gasteiger partial charge on any atom is 0.321 e. The Morgan fingerprint density at radius 3 is 2.06 bits per heavy atom. The minimum absolute atomic E-state index is 0.152. The SMILES string of the molecule is CC(=O)Nc1c(-c2ccccc2)cccc1C(C)C(=O)O.NCC(=O)O[C@H](N)c1ccccc1. The third-order valence-corrected chi connectivity index (χ3v) is 4.87. The van der Waals surface area contributed by atoms with E-state index < -0.39 is 24.1 Å². The number of carboxylic acids is 1. The highest BCUT2D eigenvalue weighted by Crippen LogP contribution is 2.35. The molecular weight excluding hydrogens is 434 g/mol. The first kappa shape index (κ1) is 26.2. The molecule has 0 saturated heterocycles. The Morgan fingerprint density at radius 1 is 0.941 bits per heavy atom. The van der Waals surface area contributed by atoms with E-state index in [9.17, 15) is 19.5 Å². The first-order valence-electron chi connectivity index (χ1n) is 10.6. The maximum atomic E-state index is 11.5. The molecule has 34 heavy (non-hydrogen) atoms. The molecule has 0 spiro atoms. The van der Waals surface area contributed by atoms with Gasteiger partial charge < -0.3 is 20.9 Å². The average Bonchev–Trinajstić information content (AvgIpc) is 2.84. The van der Waals surface area contributed by atoms with Gasteiger partial charge in [0.25, 0.3) is 0 Å². The highest BCUT2D eigenvalue weighted by molar-refractivity contribution is 5.97. The van der Waals surface area contributed by atoms with Crippen LogP contribution in [0.2, 0.25) is 0 Å². The summed E-state index contributed by atoms with van der Waals surface area (Å²) < 4.78 is 4.80. The van der Waals surface area contributed by atoms with Gasteiger partial charge in [-0.3, -0.25) is 20.1 Å². The average molecular weight is 464 g/mol. The first-order valence-corrected chi connectivity index (χ1v) is 10.6. The van der Waals surface area contributed by atoms with Gasteiger partial charge in [-0.15, -0.1) is 0 Å². The number of nitrogens with two attached hydrogens (primary N) is 2. The fourth-order valence-electron chi connectivity index (χ4n) is 3.14. The number of para-hydroxylation sites is 1. The molecule has 0 heterocycles. The molecular formula is C26H29N3O5. The van der Waals surface area contributed by atoms with Crippen LogP contribution in [-0.4, -0.2) is 29.5 Å². The molecule has 0 aliphatic rings. The number of carbonyl (C=O) groups is 3. The smallest absolute Gasteiger partial charge is 0.321 e. The Bertz CT molecular complexity index is 1100. The minimum atomic E-state index is -0.924. The van der Waals surface area contributed by atoms with E-state index in [0.717, 1.165) is 16.7 Å². The Morgan fingerprint density at radius 2 is 1.53 bits per heavy atom. The van der Waals surface area contributed by atoms with Gasteiger partial charge in [-0.25, -0.2) is 0 Å². The van der Waals surface area contributed by atoms with Crippen molar-refractivity contribution >= 4 is 23.5 Å². The molecule has 0 aliphatic heterocycles. The molecule has 6 N–H and O–H groups in total. The minimum Gasteiger partial charge on any atom is -0.481 e. The van der Waals surface area contributed by atoms with Crippen LogP contribution in [0.1, 0.15) is 37.1 Å². The molecule has 3 rings (SSSR count). The van der Waals surface area contributed by atoms with Crippen molar-refractivity contribution < 1.29 is 24.2 Å². The van der Waals surface area contributed by atoms with Crippen molar-refractivity contribution in [2.75, 3.05) is 11.9 Å². The molecule has 0 saturated carbocycles. The molecule has 1 amide bonds. The van der Waals surface area contributed by atoms with Gasteiger partial charge in [0.2, 0.25) is 5.91 Å². The quantitative estimate of drug-likeness (QED) is 0.309. The van der Waals surface area contributed by atoms with E-state index in [0.29, 0.717) is 11.3 Å². The summed E-state index contributed by atoms with van der Waals surface area (Å²) in [6.45, 7) is 2.87. The van der Waals surface area contributed by atoms with Gasteiger partial charge >= 0.3 is 11.9 Å². The predicted molar refractivity (Wildman–Crippen MR) is 131 cm³/mol. The number of hydrogen-bond donors (Lipinski definition) is 4. The van der Waals surface area contributed by atoms with Crippen LogP contribution in [0, 0.1) is 0 Å². The molecule has 0 aliphatic carbocycles. The zero-order valence-corrected chi connectivity index (χ0v) is 19.1. The highest BCUT2D eigenvalue weighted by atomic mass is 16.6. The van der Waals surface area contributed by atoms with E-state index in [4.69, 9.17) is 16.2 Å². The summed E-state index contributed by atoms with van der Waals surface area (Å²) >= 11 is 0. The van der Waals surface area contributed by atoms with E-state index in [2.05, 4.69) is 5.32 Å². The molecule has 3 aromatic carbocycles. The van der Waals surface area contributed by atoms with E-state index in [1.165, 1.54) is 6.92 Å². The number of ether oxygens (including phenoxy) is 1. The number of rotatable bonds is 7. The van der Waals surface area contributed by atoms with Crippen molar-refractivity contribution in [2.24, 2.45) is 11.5 Å². The Hall–Kier alpha value is -4.01. The molecule has 3 aromatic rings. The number of nitrogens with one attached hydrogen (secondary N) is 1. The van der Waals surface area contributed by atoms with Crippen molar-refractivity contribution in [3.8, 4) is 11.1 Å². The van der Waals surface area contributed by atoms with Crippen molar-refractivity contribution in [1.82, 2.24) is 0 Å². The highest BCUT2D eigenvalue weighted by Gasteiger charge is 2.20. The summed E-state index contributed by atoms with van der Waals surface area (Å²) in [4.78, 5) is 33.5. The number of carbonyl (C=O) groups excluding carboxylic acids is 2. The van der Waals surface area contributed by atoms with Crippen LogP contribution < -0.4 is 16.8 Å². The van der Waals surface area contributed by atoms with Crippen molar-refractivity contribution in [3.63, 3.8) is 0 Å². The monoisotopic (exact) mass is 463 g/mol. The molecule has 8 heteroatoms. The van der Waals surface area contributed by atoms with Gasteiger partial charge in [0.1, 0.15) is 0 Å². The lowest BCUT2D eigenvalue weighted by Gasteiger charge is -2.17. The summed E-state index contributed by atoms with van der Waals surface area (Å²) in [5.74, 6) is -2.35. The summed E-state index contributed by atoms with van der Waals surface area (Å²) in [6, 6.07) is 24.1. The number of aliphatic carboxylic acids is 1. The maximum absolute atomic E-state index is 11.5. The van der Waals surface area contributed by atoms with E-state index in [1.807, 2.05) is 60.7 Å². The third kappa shape index (κ3) is 7.54. The topological polar surface area (TPSA) is 145 Å². The van der Waals surface area contributed by atoms with Crippen molar-refractivity contribution in [1.29, 1.82) is 0 Å². The van der Waals surface area contributed by atoms with Gasteiger partial charge in [0, 0.05) is 18.1 Å². The molecule has 0 radical (unpaired) electrons. The molecule has 2 atom stereocenters. The van der Waals surface area contributed by atoms with Crippen LogP contribution in [0.25, 0.3) is 11.1 Å². The van der Waals surface area contributed by atoms with Crippen molar-refractivity contribution in [3.05, 3.63) is 90.0 Å². The van der Waals surface area contributed by atoms with Gasteiger partial charge in [0.05, 0.1) is 18.2 Å². The Labute approximate surface area is 198 Å². The molecule has 178 valence electrons. The fourth-order valence-corrected chi connectivity index (χ4v) is 3.14. The lowest BCUT2D eigenvalue weighted by Crippen LogP contribution is -2.24. The predicted octanol–water partition coefficient (Wildman–Crippen LogP) is 3.65. The van der Waals surface area contributed by atoms with Crippen LogP contribution >= 0.6 is 0 Å². The lowest BCUT2D eigenvalue weighted by atomic mass is 9.93. The van der Waals surface area contributed by atoms with Crippen LogP contribution in [0.4, 0.5) is 5.69 Å². The zero-order chi connectivity index (χ0) is 25.1. The van der Waals surface area contributed by atoms with Crippen LogP contribution in [-0.2, 0) is 19.1 Å².